The lowest BCUT2D eigenvalue weighted by Gasteiger charge is -2.26. The fraction of sp³-hybridized carbons (Fsp3) is 0.529. The van der Waals surface area contributed by atoms with E-state index in [4.69, 9.17) is 27.9 Å². The van der Waals surface area contributed by atoms with Crippen molar-refractivity contribution in [3.05, 3.63) is 33.8 Å². The minimum Gasteiger partial charge on any atom is -0.379 e. The summed E-state index contributed by atoms with van der Waals surface area (Å²) in [6.45, 7) is 5.12. The zero-order valence-electron chi connectivity index (χ0n) is 14.0. The molecule has 1 fully saturated rings. The lowest BCUT2D eigenvalue weighted by molar-refractivity contribution is -0.120. The standard InChI is InChI=1S/C17H23Cl2N3O3/c18-14-4-3-13(11-15(14)19)17(24)21-12-16(23)20-5-1-2-6-22-7-9-25-10-8-22/h3-4,11H,1-2,5-10,12H2,(H,20,23)(H,21,24). The maximum absolute atomic E-state index is 12.0. The van der Waals surface area contributed by atoms with Crippen LogP contribution in [0.15, 0.2) is 18.2 Å². The van der Waals surface area contributed by atoms with Gasteiger partial charge in [-0.2, -0.15) is 0 Å². The molecule has 8 heteroatoms. The number of carbonyl (C=O) groups is 2. The van der Waals surface area contributed by atoms with Gasteiger partial charge in [0.15, 0.2) is 0 Å². The van der Waals surface area contributed by atoms with Gasteiger partial charge in [0.1, 0.15) is 0 Å². The topological polar surface area (TPSA) is 70.7 Å². The Morgan fingerprint density at radius 2 is 1.84 bits per heavy atom. The van der Waals surface area contributed by atoms with Crippen LogP contribution in [0.4, 0.5) is 0 Å². The predicted molar refractivity (Wildman–Crippen MR) is 98.3 cm³/mol. The van der Waals surface area contributed by atoms with Gasteiger partial charge in [0, 0.05) is 25.2 Å². The Balaban J connectivity index is 1.57. The first-order chi connectivity index (χ1) is 12.1. The Labute approximate surface area is 157 Å². The lowest BCUT2D eigenvalue weighted by atomic mass is 10.2. The van der Waals surface area contributed by atoms with E-state index in [1.54, 1.807) is 12.1 Å². The maximum Gasteiger partial charge on any atom is 0.251 e. The second-order valence-electron chi connectivity index (χ2n) is 5.82. The van der Waals surface area contributed by atoms with Crippen LogP contribution in [0.1, 0.15) is 23.2 Å². The third kappa shape index (κ3) is 7.20. The van der Waals surface area contributed by atoms with Crippen LogP contribution in [-0.2, 0) is 9.53 Å². The number of hydrogen-bond donors (Lipinski definition) is 2. The van der Waals surface area contributed by atoms with Crippen molar-refractivity contribution in [2.24, 2.45) is 0 Å². The van der Waals surface area contributed by atoms with Crippen LogP contribution in [-0.4, -0.2) is 62.7 Å². The third-order valence-corrected chi connectivity index (χ3v) is 4.66. The van der Waals surface area contributed by atoms with Crippen molar-refractivity contribution in [2.45, 2.75) is 12.8 Å². The summed E-state index contributed by atoms with van der Waals surface area (Å²) >= 11 is 11.7. The summed E-state index contributed by atoms with van der Waals surface area (Å²) in [5.41, 5.74) is 0.368. The first-order valence-electron chi connectivity index (χ1n) is 8.36. The second-order valence-corrected chi connectivity index (χ2v) is 6.64. The molecule has 0 radical (unpaired) electrons. The molecule has 0 saturated carbocycles. The van der Waals surface area contributed by atoms with Gasteiger partial charge in [-0.15, -0.1) is 0 Å². The fourth-order valence-corrected chi connectivity index (χ4v) is 2.77. The molecule has 0 aliphatic carbocycles. The van der Waals surface area contributed by atoms with E-state index in [0.29, 0.717) is 22.2 Å². The van der Waals surface area contributed by atoms with Crippen LogP contribution in [0, 0.1) is 0 Å². The van der Waals surface area contributed by atoms with Gasteiger partial charge in [0.25, 0.3) is 5.91 Å². The molecule has 1 saturated heterocycles. The molecule has 1 aromatic carbocycles. The van der Waals surface area contributed by atoms with E-state index in [-0.39, 0.29) is 18.4 Å². The Bertz CT molecular complexity index is 593. The van der Waals surface area contributed by atoms with Gasteiger partial charge in [-0.3, -0.25) is 14.5 Å². The van der Waals surface area contributed by atoms with E-state index in [2.05, 4.69) is 15.5 Å². The third-order valence-electron chi connectivity index (χ3n) is 3.92. The van der Waals surface area contributed by atoms with E-state index >= 15 is 0 Å². The van der Waals surface area contributed by atoms with Crippen LogP contribution < -0.4 is 10.6 Å². The fourth-order valence-electron chi connectivity index (χ4n) is 2.48. The smallest absolute Gasteiger partial charge is 0.251 e. The number of ether oxygens (including phenoxy) is 1. The summed E-state index contributed by atoms with van der Waals surface area (Å²) in [5.74, 6) is -0.569. The van der Waals surface area contributed by atoms with Crippen LogP contribution in [0.5, 0.6) is 0 Å². The van der Waals surface area contributed by atoms with Gasteiger partial charge in [-0.05, 0) is 37.6 Å². The van der Waals surface area contributed by atoms with Crippen LogP contribution in [0.2, 0.25) is 10.0 Å². The SMILES string of the molecule is O=C(CNC(=O)c1ccc(Cl)c(Cl)c1)NCCCCN1CCOCC1. The van der Waals surface area contributed by atoms with Gasteiger partial charge in [-0.25, -0.2) is 0 Å². The molecule has 25 heavy (non-hydrogen) atoms. The maximum atomic E-state index is 12.0. The molecule has 2 N–H and O–H groups in total. The molecule has 0 bridgehead atoms. The Hall–Kier alpha value is -1.34. The number of hydrogen-bond acceptors (Lipinski definition) is 4. The van der Waals surface area contributed by atoms with Crippen molar-refractivity contribution >= 4 is 35.0 Å². The Kier molecular flexibility index (Phi) is 8.48. The highest BCUT2D eigenvalue weighted by Crippen LogP contribution is 2.22. The normalized spacial score (nSPS) is 15.0. The van der Waals surface area contributed by atoms with Crippen molar-refractivity contribution in [3.63, 3.8) is 0 Å². The number of morpholine rings is 1. The largest absolute Gasteiger partial charge is 0.379 e. The quantitative estimate of drug-likeness (QED) is 0.668. The highest BCUT2D eigenvalue weighted by molar-refractivity contribution is 6.42. The number of nitrogens with one attached hydrogen (secondary N) is 2. The zero-order chi connectivity index (χ0) is 18.1. The van der Waals surface area contributed by atoms with Gasteiger partial charge in [0.2, 0.25) is 5.91 Å². The summed E-state index contributed by atoms with van der Waals surface area (Å²) < 4.78 is 5.30. The van der Waals surface area contributed by atoms with Crippen molar-refractivity contribution in [2.75, 3.05) is 45.9 Å². The molecular formula is C17H23Cl2N3O3. The molecule has 0 unspecified atom stereocenters. The number of unbranched alkanes of at least 4 members (excludes halogenated alkanes) is 1. The van der Waals surface area contributed by atoms with E-state index < -0.39 is 0 Å². The van der Waals surface area contributed by atoms with E-state index in [9.17, 15) is 9.59 Å². The number of rotatable bonds is 8. The van der Waals surface area contributed by atoms with E-state index in [0.717, 1.165) is 45.7 Å². The molecule has 138 valence electrons. The number of nitrogens with zero attached hydrogens (tertiary/aromatic N) is 1. The highest BCUT2D eigenvalue weighted by Gasteiger charge is 2.11. The monoisotopic (exact) mass is 387 g/mol. The second kappa shape index (κ2) is 10.6. The summed E-state index contributed by atoms with van der Waals surface area (Å²) in [7, 11) is 0. The Morgan fingerprint density at radius 1 is 1.08 bits per heavy atom. The average Bonchev–Trinajstić information content (AvgIpc) is 2.62. The van der Waals surface area contributed by atoms with Crippen LogP contribution in [0.3, 0.4) is 0 Å². The molecule has 6 nitrogen and oxygen atoms in total. The zero-order valence-corrected chi connectivity index (χ0v) is 15.5. The first kappa shape index (κ1) is 20.0. The molecule has 0 spiro atoms. The first-order valence-corrected chi connectivity index (χ1v) is 9.12. The van der Waals surface area contributed by atoms with Crippen LogP contribution >= 0.6 is 23.2 Å². The molecule has 2 rings (SSSR count). The average molecular weight is 388 g/mol. The summed E-state index contributed by atoms with van der Waals surface area (Å²) in [6.07, 6.45) is 1.93. The van der Waals surface area contributed by atoms with Gasteiger partial charge >= 0.3 is 0 Å². The molecule has 0 aromatic heterocycles. The van der Waals surface area contributed by atoms with Crippen LogP contribution in [0.25, 0.3) is 0 Å². The molecule has 1 aliphatic rings. The number of carbonyl (C=O) groups excluding carboxylic acids is 2. The number of benzene rings is 1. The summed E-state index contributed by atoms with van der Waals surface area (Å²) in [4.78, 5) is 26.1. The highest BCUT2D eigenvalue weighted by atomic mass is 35.5. The minimum absolute atomic E-state index is 0.0669. The number of halogens is 2. The molecular weight excluding hydrogens is 365 g/mol. The van der Waals surface area contributed by atoms with Crippen molar-refractivity contribution in [3.8, 4) is 0 Å². The Morgan fingerprint density at radius 3 is 2.56 bits per heavy atom. The predicted octanol–water partition coefficient (Wildman–Crippen LogP) is 1.95. The summed E-state index contributed by atoms with van der Waals surface area (Å²) in [5, 5.41) is 6.05. The van der Waals surface area contributed by atoms with E-state index in [1.807, 2.05) is 0 Å². The van der Waals surface area contributed by atoms with Crippen molar-refractivity contribution in [1.82, 2.24) is 15.5 Å². The van der Waals surface area contributed by atoms with Gasteiger partial charge in [-0.1, -0.05) is 23.2 Å². The molecule has 2 amide bonds. The minimum atomic E-state index is -0.360. The number of amides is 2. The molecule has 1 aliphatic heterocycles. The molecule has 1 aromatic rings. The lowest BCUT2D eigenvalue weighted by Crippen LogP contribution is -2.38. The van der Waals surface area contributed by atoms with E-state index in [1.165, 1.54) is 6.07 Å². The molecule has 1 heterocycles. The molecule has 0 atom stereocenters. The van der Waals surface area contributed by atoms with Crippen molar-refractivity contribution < 1.29 is 14.3 Å². The van der Waals surface area contributed by atoms with Crippen molar-refractivity contribution in [1.29, 1.82) is 0 Å². The summed E-state index contributed by atoms with van der Waals surface area (Å²) in [6, 6.07) is 4.59. The van der Waals surface area contributed by atoms with Gasteiger partial charge < -0.3 is 15.4 Å². The van der Waals surface area contributed by atoms with Gasteiger partial charge in [0.05, 0.1) is 29.8 Å².